The minimum absolute atomic E-state index is 0.0584. The summed E-state index contributed by atoms with van der Waals surface area (Å²) in [4.78, 5) is 14.1. The summed E-state index contributed by atoms with van der Waals surface area (Å²) < 4.78 is 13.3. The minimum atomic E-state index is -0.457. The molecule has 1 N–H and O–H groups in total. The number of benzene rings is 1. The second-order valence-corrected chi connectivity index (χ2v) is 6.33. The van der Waals surface area contributed by atoms with Crippen LogP contribution in [0.4, 0.5) is 15.9 Å². The average molecular weight is 357 g/mol. The molecule has 0 atom stereocenters. The second kappa shape index (κ2) is 6.14. The molecule has 0 amide bonds. The smallest absolute Gasteiger partial charge is 0.164 e. The third kappa shape index (κ3) is 2.81. The van der Waals surface area contributed by atoms with Crippen molar-refractivity contribution in [3.05, 3.63) is 65.0 Å². The highest BCUT2D eigenvalue weighted by Gasteiger charge is 2.11. The molecular weight excluding hydrogens is 347 g/mol. The van der Waals surface area contributed by atoms with Crippen LogP contribution in [0.25, 0.3) is 21.6 Å². The zero-order valence-electron chi connectivity index (χ0n) is 12.2. The number of anilines is 2. The molecule has 24 heavy (non-hydrogen) atoms. The molecule has 0 radical (unpaired) electrons. The van der Waals surface area contributed by atoms with Gasteiger partial charge in [-0.15, -0.1) is 11.3 Å². The normalized spacial score (nSPS) is 10.9. The van der Waals surface area contributed by atoms with Crippen LogP contribution in [-0.2, 0) is 0 Å². The molecule has 0 aliphatic rings. The molecule has 0 fully saturated rings. The van der Waals surface area contributed by atoms with E-state index in [9.17, 15) is 4.39 Å². The molecule has 0 bridgehead atoms. The van der Waals surface area contributed by atoms with Crippen molar-refractivity contribution in [3.8, 4) is 11.4 Å². The predicted octanol–water partition coefficient (Wildman–Crippen LogP) is 5.29. The van der Waals surface area contributed by atoms with Gasteiger partial charge in [0.2, 0.25) is 0 Å². The van der Waals surface area contributed by atoms with Crippen LogP contribution in [0.1, 0.15) is 0 Å². The zero-order valence-corrected chi connectivity index (χ0v) is 13.8. The Labute approximate surface area is 146 Å². The Bertz CT molecular complexity index is 1020. The fourth-order valence-corrected chi connectivity index (χ4v) is 3.23. The Hall–Kier alpha value is -2.57. The number of aromatic nitrogens is 3. The van der Waals surface area contributed by atoms with Gasteiger partial charge in [-0.3, -0.25) is 4.98 Å². The zero-order chi connectivity index (χ0) is 16.5. The van der Waals surface area contributed by atoms with E-state index >= 15 is 0 Å². The first-order valence-electron chi connectivity index (χ1n) is 7.08. The SMILES string of the molecule is Fc1ccc(Nc2nc(-c3cccnc3)nc3sccc23)cc1Cl. The number of nitrogens with one attached hydrogen (secondary N) is 1. The van der Waals surface area contributed by atoms with Gasteiger partial charge in [-0.25, -0.2) is 14.4 Å². The summed E-state index contributed by atoms with van der Waals surface area (Å²) in [6.07, 6.45) is 3.42. The number of halogens is 2. The van der Waals surface area contributed by atoms with Crippen LogP contribution in [0, 0.1) is 5.82 Å². The molecule has 0 unspecified atom stereocenters. The van der Waals surface area contributed by atoms with Crippen LogP contribution < -0.4 is 5.32 Å². The van der Waals surface area contributed by atoms with Gasteiger partial charge in [0.05, 0.1) is 10.4 Å². The molecule has 0 spiro atoms. The number of thiophene rings is 1. The van der Waals surface area contributed by atoms with Crippen LogP contribution in [0.3, 0.4) is 0 Å². The summed E-state index contributed by atoms with van der Waals surface area (Å²) in [5.74, 6) is 0.762. The molecule has 118 valence electrons. The van der Waals surface area contributed by atoms with Crippen molar-refractivity contribution >= 4 is 44.7 Å². The van der Waals surface area contributed by atoms with Gasteiger partial charge in [0, 0.05) is 23.6 Å². The first kappa shape index (κ1) is 15.0. The van der Waals surface area contributed by atoms with E-state index in [1.54, 1.807) is 18.5 Å². The van der Waals surface area contributed by atoms with Crippen molar-refractivity contribution in [2.75, 3.05) is 5.32 Å². The van der Waals surface area contributed by atoms with Crippen molar-refractivity contribution in [3.63, 3.8) is 0 Å². The monoisotopic (exact) mass is 356 g/mol. The second-order valence-electron chi connectivity index (χ2n) is 5.03. The number of hydrogen-bond donors (Lipinski definition) is 1. The van der Waals surface area contributed by atoms with Crippen LogP contribution >= 0.6 is 22.9 Å². The van der Waals surface area contributed by atoms with E-state index in [0.717, 1.165) is 15.8 Å². The van der Waals surface area contributed by atoms with Crippen LogP contribution in [-0.4, -0.2) is 15.0 Å². The van der Waals surface area contributed by atoms with E-state index in [1.807, 2.05) is 23.6 Å². The first-order valence-corrected chi connectivity index (χ1v) is 8.34. The van der Waals surface area contributed by atoms with Gasteiger partial charge >= 0.3 is 0 Å². The summed E-state index contributed by atoms with van der Waals surface area (Å²) in [7, 11) is 0. The number of fused-ring (bicyclic) bond motifs is 1. The predicted molar refractivity (Wildman–Crippen MR) is 95.3 cm³/mol. The number of hydrogen-bond acceptors (Lipinski definition) is 5. The molecule has 0 aliphatic carbocycles. The van der Waals surface area contributed by atoms with Crippen molar-refractivity contribution in [1.29, 1.82) is 0 Å². The molecule has 0 saturated heterocycles. The van der Waals surface area contributed by atoms with Gasteiger partial charge in [0.25, 0.3) is 0 Å². The molecule has 3 aromatic heterocycles. The molecule has 0 aliphatic heterocycles. The van der Waals surface area contributed by atoms with Gasteiger partial charge in [0.15, 0.2) is 5.82 Å². The van der Waals surface area contributed by atoms with Gasteiger partial charge in [-0.1, -0.05) is 11.6 Å². The molecular formula is C17H10ClFN4S. The quantitative estimate of drug-likeness (QED) is 0.542. The van der Waals surface area contributed by atoms with Gasteiger partial charge in [-0.2, -0.15) is 0 Å². The molecule has 4 rings (SSSR count). The molecule has 1 aromatic carbocycles. The Morgan fingerprint density at radius 2 is 2.04 bits per heavy atom. The molecule has 0 saturated carbocycles. The Kier molecular flexibility index (Phi) is 3.84. The average Bonchev–Trinajstić information content (AvgIpc) is 3.08. The van der Waals surface area contributed by atoms with E-state index in [0.29, 0.717) is 17.3 Å². The highest BCUT2D eigenvalue weighted by atomic mass is 35.5. The van der Waals surface area contributed by atoms with E-state index in [-0.39, 0.29) is 5.02 Å². The standard InChI is InChI=1S/C17H10ClFN4S/c18-13-8-11(3-4-14(13)19)21-16-12-5-7-24-17(12)23-15(22-16)10-2-1-6-20-9-10/h1-9H,(H,21,22,23). The Balaban J connectivity index is 1.81. The maximum absolute atomic E-state index is 13.3. The van der Waals surface area contributed by atoms with Gasteiger partial charge in [-0.05, 0) is 41.8 Å². The Morgan fingerprint density at radius 1 is 1.12 bits per heavy atom. The number of rotatable bonds is 3. The lowest BCUT2D eigenvalue weighted by Crippen LogP contribution is -1.98. The summed E-state index contributed by atoms with van der Waals surface area (Å²) in [5, 5.41) is 6.10. The van der Waals surface area contributed by atoms with Crippen molar-refractivity contribution < 1.29 is 4.39 Å². The third-order valence-corrected chi connectivity index (χ3v) is 4.52. The van der Waals surface area contributed by atoms with Crippen LogP contribution in [0.15, 0.2) is 54.2 Å². The van der Waals surface area contributed by atoms with E-state index in [2.05, 4.69) is 20.3 Å². The highest BCUT2D eigenvalue weighted by molar-refractivity contribution is 7.16. The van der Waals surface area contributed by atoms with Gasteiger partial charge < -0.3 is 5.32 Å². The number of nitrogens with zero attached hydrogens (tertiary/aromatic N) is 3. The summed E-state index contributed by atoms with van der Waals surface area (Å²) >= 11 is 7.38. The lowest BCUT2D eigenvalue weighted by molar-refractivity contribution is 0.628. The summed E-state index contributed by atoms with van der Waals surface area (Å²) in [5.41, 5.74) is 1.48. The molecule has 3 heterocycles. The summed E-state index contributed by atoms with van der Waals surface area (Å²) in [6, 6.07) is 10.1. The molecule has 4 aromatic rings. The topological polar surface area (TPSA) is 50.7 Å². The Morgan fingerprint density at radius 3 is 2.83 bits per heavy atom. The van der Waals surface area contributed by atoms with Crippen LogP contribution in [0.2, 0.25) is 5.02 Å². The van der Waals surface area contributed by atoms with Crippen molar-refractivity contribution in [2.24, 2.45) is 0 Å². The van der Waals surface area contributed by atoms with E-state index in [1.165, 1.54) is 23.5 Å². The van der Waals surface area contributed by atoms with Crippen molar-refractivity contribution in [2.45, 2.75) is 0 Å². The highest BCUT2D eigenvalue weighted by Crippen LogP contribution is 2.31. The first-order chi connectivity index (χ1) is 11.7. The third-order valence-electron chi connectivity index (χ3n) is 3.43. The maximum Gasteiger partial charge on any atom is 0.164 e. The van der Waals surface area contributed by atoms with Crippen LogP contribution in [0.5, 0.6) is 0 Å². The largest absolute Gasteiger partial charge is 0.340 e. The molecule has 4 nitrogen and oxygen atoms in total. The fraction of sp³-hybridized carbons (Fsp3) is 0. The molecule has 7 heteroatoms. The maximum atomic E-state index is 13.3. The fourth-order valence-electron chi connectivity index (χ4n) is 2.29. The van der Waals surface area contributed by atoms with E-state index in [4.69, 9.17) is 11.6 Å². The lowest BCUT2D eigenvalue weighted by atomic mass is 10.2. The number of pyridine rings is 1. The minimum Gasteiger partial charge on any atom is -0.340 e. The lowest BCUT2D eigenvalue weighted by Gasteiger charge is -2.09. The summed E-state index contributed by atoms with van der Waals surface area (Å²) in [6.45, 7) is 0. The van der Waals surface area contributed by atoms with Crippen molar-refractivity contribution in [1.82, 2.24) is 15.0 Å². The van der Waals surface area contributed by atoms with E-state index < -0.39 is 5.82 Å². The van der Waals surface area contributed by atoms with Gasteiger partial charge in [0.1, 0.15) is 16.5 Å².